The molecule has 1 aliphatic rings. The summed E-state index contributed by atoms with van der Waals surface area (Å²) in [6, 6.07) is 0.0444. The Hall–Kier alpha value is -2.24. The average molecular weight is 313 g/mol. The van der Waals surface area contributed by atoms with Crippen molar-refractivity contribution in [1.29, 1.82) is 0 Å². The largest absolute Gasteiger partial charge is 0.343 e. The highest BCUT2D eigenvalue weighted by Gasteiger charge is 2.32. The van der Waals surface area contributed by atoms with Gasteiger partial charge in [0, 0.05) is 25.4 Å². The molecule has 6 nitrogen and oxygen atoms in total. The molecule has 0 spiro atoms. The van der Waals surface area contributed by atoms with Crippen LogP contribution in [0.1, 0.15) is 51.8 Å². The van der Waals surface area contributed by atoms with Crippen LogP contribution >= 0.6 is 0 Å². The van der Waals surface area contributed by atoms with Crippen molar-refractivity contribution in [3.8, 4) is 11.5 Å². The van der Waals surface area contributed by atoms with Crippen LogP contribution in [0.2, 0.25) is 0 Å². The molecule has 2 aromatic rings. The Morgan fingerprint density at radius 2 is 2.13 bits per heavy atom. The third kappa shape index (κ3) is 3.57. The molecule has 0 aromatic carbocycles. The predicted molar refractivity (Wildman–Crippen MR) is 87.4 cm³/mol. The second-order valence-electron chi connectivity index (χ2n) is 7.25. The summed E-state index contributed by atoms with van der Waals surface area (Å²) in [5.74, 6) is 0.910. The Labute approximate surface area is 136 Å². The molecule has 1 amide bonds. The number of rotatable bonds is 3. The molecular formula is C17H23N5O. The molecule has 1 atom stereocenters. The molecule has 3 rings (SSSR count). The van der Waals surface area contributed by atoms with Gasteiger partial charge in [0.05, 0.1) is 24.1 Å². The molecule has 1 unspecified atom stereocenters. The van der Waals surface area contributed by atoms with Crippen LogP contribution in [-0.4, -0.2) is 37.3 Å². The minimum absolute atomic E-state index is 0.000946. The molecular weight excluding hydrogens is 290 g/mol. The molecule has 2 aromatic heterocycles. The summed E-state index contributed by atoms with van der Waals surface area (Å²) in [7, 11) is 0. The van der Waals surface area contributed by atoms with E-state index in [0.717, 1.165) is 25.1 Å². The highest BCUT2D eigenvalue weighted by atomic mass is 16.2. The van der Waals surface area contributed by atoms with Crippen LogP contribution in [0.4, 0.5) is 0 Å². The fourth-order valence-electron chi connectivity index (χ4n) is 2.97. The van der Waals surface area contributed by atoms with E-state index in [-0.39, 0.29) is 17.4 Å². The SMILES string of the molecule is CC(C)(C)CC(=O)N1CCCC1c1cnc(-c2ncc[nH]2)cn1. The number of nitrogens with zero attached hydrogens (tertiary/aromatic N) is 4. The van der Waals surface area contributed by atoms with E-state index in [1.165, 1.54) is 0 Å². The van der Waals surface area contributed by atoms with Crippen molar-refractivity contribution < 1.29 is 4.79 Å². The van der Waals surface area contributed by atoms with Gasteiger partial charge < -0.3 is 9.88 Å². The zero-order valence-corrected chi connectivity index (χ0v) is 13.9. The Kier molecular flexibility index (Phi) is 4.15. The first kappa shape index (κ1) is 15.6. The summed E-state index contributed by atoms with van der Waals surface area (Å²) in [6.07, 6.45) is 9.46. The fourth-order valence-corrected chi connectivity index (χ4v) is 2.97. The lowest BCUT2D eigenvalue weighted by Crippen LogP contribution is -2.33. The third-order valence-electron chi connectivity index (χ3n) is 4.01. The van der Waals surface area contributed by atoms with Gasteiger partial charge in [-0.1, -0.05) is 20.8 Å². The number of hydrogen-bond donors (Lipinski definition) is 1. The Balaban J connectivity index is 1.76. The zero-order valence-electron chi connectivity index (χ0n) is 13.9. The normalized spacial score (nSPS) is 18.4. The highest BCUT2D eigenvalue weighted by Crippen LogP contribution is 2.33. The lowest BCUT2D eigenvalue weighted by molar-refractivity contribution is -0.134. The molecule has 3 heterocycles. The standard InChI is InChI=1S/C17H23N5O/c1-17(2,3)9-15(23)22-8-4-5-14(22)12-10-21-13(11-20-12)16-18-6-7-19-16/h6-7,10-11,14H,4-5,8-9H2,1-3H3,(H,18,19). The lowest BCUT2D eigenvalue weighted by atomic mass is 9.91. The number of imidazole rings is 1. The second kappa shape index (κ2) is 6.10. The number of aromatic nitrogens is 4. The first-order chi connectivity index (χ1) is 10.9. The van der Waals surface area contributed by atoms with Gasteiger partial charge in [0.25, 0.3) is 0 Å². The van der Waals surface area contributed by atoms with Crippen molar-refractivity contribution in [2.45, 2.75) is 46.1 Å². The molecule has 0 bridgehead atoms. The van der Waals surface area contributed by atoms with Crippen LogP contribution in [0, 0.1) is 5.41 Å². The molecule has 1 aliphatic heterocycles. The number of carbonyl (C=O) groups excluding carboxylic acids is 1. The summed E-state index contributed by atoms with van der Waals surface area (Å²) < 4.78 is 0. The number of hydrogen-bond acceptors (Lipinski definition) is 4. The Morgan fingerprint density at radius 3 is 2.74 bits per heavy atom. The van der Waals surface area contributed by atoms with E-state index in [1.807, 2.05) is 4.90 Å². The van der Waals surface area contributed by atoms with Crippen molar-refractivity contribution in [2.75, 3.05) is 6.54 Å². The third-order valence-corrected chi connectivity index (χ3v) is 4.01. The smallest absolute Gasteiger partial charge is 0.223 e. The summed E-state index contributed by atoms with van der Waals surface area (Å²) in [4.78, 5) is 30.7. The van der Waals surface area contributed by atoms with Crippen LogP contribution in [0.3, 0.4) is 0 Å². The van der Waals surface area contributed by atoms with Crippen LogP contribution in [-0.2, 0) is 4.79 Å². The van der Waals surface area contributed by atoms with Crippen LogP contribution in [0.5, 0.6) is 0 Å². The van der Waals surface area contributed by atoms with E-state index in [4.69, 9.17) is 0 Å². The molecule has 23 heavy (non-hydrogen) atoms. The van der Waals surface area contributed by atoms with Crippen molar-refractivity contribution in [2.24, 2.45) is 5.41 Å². The number of carbonyl (C=O) groups is 1. The van der Waals surface area contributed by atoms with E-state index in [9.17, 15) is 4.79 Å². The molecule has 0 aliphatic carbocycles. The number of amides is 1. The van der Waals surface area contributed by atoms with Crippen molar-refractivity contribution in [3.05, 3.63) is 30.5 Å². The van der Waals surface area contributed by atoms with Gasteiger partial charge in [-0.15, -0.1) is 0 Å². The molecule has 1 N–H and O–H groups in total. The van der Waals surface area contributed by atoms with Crippen molar-refractivity contribution in [3.63, 3.8) is 0 Å². The van der Waals surface area contributed by atoms with E-state index >= 15 is 0 Å². The zero-order chi connectivity index (χ0) is 16.4. The van der Waals surface area contributed by atoms with Crippen LogP contribution in [0.25, 0.3) is 11.5 Å². The second-order valence-corrected chi connectivity index (χ2v) is 7.25. The van der Waals surface area contributed by atoms with Gasteiger partial charge in [-0.05, 0) is 18.3 Å². The quantitative estimate of drug-likeness (QED) is 0.945. The van der Waals surface area contributed by atoms with Gasteiger partial charge in [0.1, 0.15) is 5.69 Å². The highest BCUT2D eigenvalue weighted by molar-refractivity contribution is 5.77. The number of aromatic amines is 1. The van der Waals surface area contributed by atoms with Gasteiger partial charge in [-0.3, -0.25) is 9.78 Å². The Bertz CT molecular complexity index is 657. The number of likely N-dealkylation sites (tertiary alicyclic amines) is 1. The molecule has 0 radical (unpaired) electrons. The molecule has 0 saturated carbocycles. The van der Waals surface area contributed by atoms with Gasteiger partial charge in [-0.25, -0.2) is 9.97 Å². The molecule has 6 heteroatoms. The minimum Gasteiger partial charge on any atom is -0.343 e. The maximum absolute atomic E-state index is 12.6. The summed E-state index contributed by atoms with van der Waals surface area (Å²) in [6.45, 7) is 7.08. The van der Waals surface area contributed by atoms with E-state index in [0.29, 0.717) is 17.9 Å². The van der Waals surface area contributed by atoms with Gasteiger partial charge in [0.2, 0.25) is 5.91 Å². The molecule has 1 fully saturated rings. The van der Waals surface area contributed by atoms with Crippen molar-refractivity contribution in [1.82, 2.24) is 24.8 Å². The maximum Gasteiger partial charge on any atom is 0.223 e. The lowest BCUT2D eigenvalue weighted by Gasteiger charge is -2.27. The predicted octanol–water partition coefficient (Wildman–Crippen LogP) is 2.97. The average Bonchev–Trinajstić information content (AvgIpc) is 3.17. The van der Waals surface area contributed by atoms with E-state index in [1.54, 1.807) is 24.8 Å². The van der Waals surface area contributed by atoms with E-state index < -0.39 is 0 Å². The van der Waals surface area contributed by atoms with Crippen molar-refractivity contribution >= 4 is 5.91 Å². The monoisotopic (exact) mass is 313 g/mol. The summed E-state index contributed by atoms with van der Waals surface area (Å²) in [5.41, 5.74) is 1.57. The van der Waals surface area contributed by atoms with Gasteiger partial charge in [0.15, 0.2) is 5.82 Å². The summed E-state index contributed by atoms with van der Waals surface area (Å²) in [5, 5.41) is 0. The first-order valence-corrected chi connectivity index (χ1v) is 8.05. The van der Waals surface area contributed by atoms with Gasteiger partial charge >= 0.3 is 0 Å². The number of nitrogens with one attached hydrogen (secondary N) is 1. The fraction of sp³-hybridized carbons (Fsp3) is 0.529. The summed E-state index contributed by atoms with van der Waals surface area (Å²) >= 11 is 0. The maximum atomic E-state index is 12.6. The van der Waals surface area contributed by atoms with Gasteiger partial charge in [-0.2, -0.15) is 0 Å². The first-order valence-electron chi connectivity index (χ1n) is 8.05. The molecule has 1 saturated heterocycles. The molecule has 122 valence electrons. The van der Waals surface area contributed by atoms with Crippen LogP contribution < -0.4 is 0 Å². The topological polar surface area (TPSA) is 74.8 Å². The number of H-pyrrole nitrogens is 1. The minimum atomic E-state index is -0.000946. The Morgan fingerprint density at radius 1 is 1.30 bits per heavy atom. The van der Waals surface area contributed by atoms with E-state index in [2.05, 4.69) is 40.7 Å². The van der Waals surface area contributed by atoms with Crippen LogP contribution in [0.15, 0.2) is 24.8 Å².